The molecule has 1 aliphatic heterocycles. The second kappa shape index (κ2) is 6.18. The second-order valence-electron chi connectivity index (χ2n) is 5.43. The van der Waals surface area contributed by atoms with Crippen molar-refractivity contribution < 1.29 is 0 Å². The minimum absolute atomic E-state index is 0.550. The van der Waals surface area contributed by atoms with E-state index in [1.54, 1.807) is 0 Å². The highest BCUT2D eigenvalue weighted by molar-refractivity contribution is 9.10. The first-order valence-corrected chi connectivity index (χ1v) is 7.62. The van der Waals surface area contributed by atoms with E-state index in [-0.39, 0.29) is 0 Å². The van der Waals surface area contributed by atoms with Crippen LogP contribution in [0.15, 0.2) is 22.7 Å². The molecular formula is C15H23BrN2. The van der Waals surface area contributed by atoms with Gasteiger partial charge in [0.05, 0.1) is 0 Å². The molecule has 2 atom stereocenters. The van der Waals surface area contributed by atoms with Crippen molar-refractivity contribution in [1.82, 2.24) is 4.90 Å². The van der Waals surface area contributed by atoms with E-state index in [4.69, 9.17) is 5.73 Å². The molecule has 1 fully saturated rings. The normalized spacial score (nSPS) is 25.3. The maximum atomic E-state index is 5.91. The van der Waals surface area contributed by atoms with Gasteiger partial charge >= 0.3 is 0 Å². The first-order chi connectivity index (χ1) is 8.61. The summed E-state index contributed by atoms with van der Waals surface area (Å²) in [7, 11) is 0. The topological polar surface area (TPSA) is 29.3 Å². The molecular weight excluding hydrogens is 288 g/mol. The van der Waals surface area contributed by atoms with Gasteiger partial charge in [-0.15, -0.1) is 0 Å². The number of hydrogen-bond acceptors (Lipinski definition) is 2. The van der Waals surface area contributed by atoms with Gasteiger partial charge in [0.15, 0.2) is 0 Å². The molecule has 2 unspecified atom stereocenters. The Hall–Kier alpha value is -0.380. The largest absolute Gasteiger partial charge is 0.329 e. The lowest BCUT2D eigenvalue weighted by atomic mass is 9.95. The maximum absolute atomic E-state index is 5.91. The highest BCUT2D eigenvalue weighted by atomic mass is 79.9. The van der Waals surface area contributed by atoms with Gasteiger partial charge in [-0.2, -0.15) is 0 Å². The van der Waals surface area contributed by atoms with E-state index in [2.05, 4.69) is 52.9 Å². The standard InChI is InChI=1S/C15H23BrN2/c1-11-6-7-13(8-15(11)16)10-18-12(2)4-3-5-14(18)9-17/h6-8,12,14H,3-5,9-10,17H2,1-2H3. The lowest BCUT2D eigenvalue weighted by Crippen LogP contribution is -2.48. The SMILES string of the molecule is Cc1ccc(CN2C(C)CCCC2CN)cc1Br. The van der Waals surface area contributed by atoms with Crippen LogP contribution in [0.25, 0.3) is 0 Å². The summed E-state index contributed by atoms with van der Waals surface area (Å²) in [6, 6.07) is 7.85. The van der Waals surface area contributed by atoms with Crippen LogP contribution in [0, 0.1) is 6.92 Å². The average Bonchev–Trinajstić information content (AvgIpc) is 2.36. The van der Waals surface area contributed by atoms with Gasteiger partial charge in [-0.25, -0.2) is 0 Å². The molecule has 0 bridgehead atoms. The predicted octanol–water partition coefficient (Wildman–Crippen LogP) is 3.46. The Bertz CT molecular complexity index is 405. The van der Waals surface area contributed by atoms with Crippen LogP contribution in [0.5, 0.6) is 0 Å². The van der Waals surface area contributed by atoms with Crippen LogP contribution in [0.1, 0.15) is 37.3 Å². The summed E-state index contributed by atoms with van der Waals surface area (Å²) in [6.07, 6.45) is 3.86. The first kappa shape index (κ1) is 14.0. The first-order valence-electron chi connectivity index (χ1n) is 6.82. The Balaban J connectivity index is 2.12. The number of hydrogen-bond donors (Lipinski definition) is 1. The quantitative estimate of drug-likeness (QED) is 0.926. The summed E-state index contributed by atoms with van der Waals surface area (Å²) >= 11 is 3.61. The van der Waals surface area contributed by atoms with E-state index in [9.17, 15) is 0 Å². The zero-order valence-electron chi connectivity index (χ0n) is 11.3. The van der Waals surface area contributed by atoms with Crippen LogP contribution in [0.3, 0.4) is 0 Å². The van der Waals surface area contributed by atoms with Crippen molar-refractivity contribution >= 4 is 15.9 Å². The number of aryl methyl sites for hydroxylation is 1. The summed E-state index contributed by atoms with van der Waals surface area (Å²) in [5, 5.41) is 0. The molecule has 2 rings (SSSR count). The van der Waals surface area contributed by atoms with Gasteiger partial charge in [0, 0.05) is 29.6 Å². The number of rotatable bonds is 3. The molecule has 1 aromatic carbocycles. The molecule has 0 aliphatic carbocycles. The maximum Gasteiger partial charge on any atom is 0.0240 e. The number of benzene rings is 1. The van der Waals surface area contributed by atoms with Gasteiger partial charge in [0.2, 0.25) is 0 Å². The molecule has 0 radical (unpaired) electrons. The smallest absolute Gasteiger partial charge is 0.0240 e. The number of nitrogens with zero attached hydrogens (tertiary/aromatic N) is 1. The zero-order chi connectivity index (χ0) is 13.1. The second-order valence-corrected chi connectivity index (χ2v) is 6.28. The third-order valence-corrected chi connectivity index (χ3v) is 4.92. The van der Waals surface area contributed by atoms with Crippen molar-refractivity contribution in [3.05, 3.63) is 33.8 Å². The third-order valence-electron chi connectivity index (χ3n) is 4.07. The van der Waals surface area contributed by atoms with Gasteiger partial charge in [-0.1, -0.05) is 34.5 Å². The molecule has 1 saturated heterocycles. The summed E-state index contributed by atoms with van der Waals surface area (Å²) in [6.45, 7) is 6.24. The van der Waals surface area contributed by atoms with Crippen LogP contribution < -0.4 is 5.73 Å². The molecule has 1 aliphatic rings. The Morgan fingerprint density at radius 2 is 2.17 bits per heavy atom. The van der Waals surface area contributed by atoms with Gasteiger partial charge in [0.1, 0.15) is 0 Å². The van der Waals surface area contributed by atoms with Crippen molar-refractivity contribution in [2.75, 3.05) is 6.54 Å². The minimum Gasteiger partial charge on any atom is -0.329 e. The molecule has 0 amide bonds. The molecule has 1 aromatic rings. The summed E-state index contributed by atoms with van der Waals surface area (Å²) in [5.41, 5.74) is 8.58. The Morgan fingerprint density at radius 3 is 2.83 bits per heavy atom. The van der Waals surface area contributed by atoms with Crippen LogP contribution in [0.2, 0.25) is 0 Å². The third kappa shape index (κ3) is 3.14. The Labute approximate surface area is 119 Å². The predicted molar refractivity (Wildman–Crippen MR) is 80.6 cm³/mol. The summed E-state index contributed by atoms with van der Waals surface area (Å²) < 4.78 is 1.20. The van der Waals surface area contributed by atoms with Crippen LogP contribution in [-0.2, 0) is 6.54 Å². The fourth-order valence-corrected chi connectivity index (χ4v) is 3.25. The lowest BCUT2D eigenvalue weighted by Gasteiger charge is -2.40. The average molecular weight is 311 g/mol. The van der Waals surface area contributed by atoms with Crippen molar-refractivity contribution in [3.8, 4) is 0 Å². The molecule has 100 valence electrons. The Morgan fingerprint density at radius 1 is 1.39 bits per heavy atom. The molecule has 1 heterocycles. The molecule has 0 saturated carbocycles. The van der Waals surface area contributed by atoms with E-state index in [0.717, 1.165) is 13.1 Å². The summed E-state index contributed by atoms with van der Waals surface area (Å²) in [5.74, 6) is 0. The fourth-order valence-electron chi connectivity index (χ4n) is 2.82. The fraction of sp³-hybridized carbons (Fsp3) is 0.600. The lowest BCUT2D eigenvalue weighted by molar-refractivity contribution is 0.0892. The molecule has 2 N–H and O–H groups in total. The molecule has 0 spiro atoms. The van der Waals surface area contributed by atoms with Gasteiger partial charge in [-0.3, -0.25) is 4.90 Å². The van der Waals surface area contributed by atoms with Crippen LogP contribution >= 0.6 is 15.9 Å². The summed E-state index contributed by atoms with van der Waals surface area (Å²) in [4.78, 5) is 2.57. The molecule has 18 heavy (non-hydrogen) atoms. The van der Waals surface area contributed by atoms with Gasteiger partial charge in [0.25, 0.3) is 0 Å². The van der Waals surface area contributed by atoms with Crippen molar-refractivity contribution in [3.63, 3.8) is 0 Å². The highest BCUT2D eigenvalue weighted by Gasteiger charge is 2.26. The van der Waals surface area contributed by atoms with Crippen LogP contribution in [0.4, 0.5) is 0 Å². The zero-order valence-corrected chi connectivity index (χ0v) is 12.9. The number of halogens is 1. The van der Waals surface area contributed by atoms with E-state index in [1.165, 1.54) is 34.9 Å². The molecule has 3 heteroatoms. The number of nitrogens with two attached hydrogens (primary N) is 1. The molecule has 2 nitrogen and oxygen atoms in total. The van der Waals surface area contributed by atoms with Crippen molar-refractivity contribution in [2.45, 2.75) is 51.7 Å². The Kier molecular flexibility index (Phi) is 4.82. The number of piperidine rings is 1. The van der Waals surface area contributed by atoms with E-state index in [0.29, 0.717) is 12.1 Å². The van der Waals surface area contributed by atoms with E-state index >= 15 is 0 Å². The highest BCUT2D eigenvalue weighted by Crippen LogP contribution is 2.26. The monoisotopic (exact) mass is 310 g/mol. The number of likely N-dealkylation sites (tertiary alicyclic amines) is 1. The van der Waals surface area contributed by atoms with Gasteiger partial charge in [-0.05, 0) is 43.9 Å². The molecule has 0 aromatic heterocycles. The van der Waals surface area contributed by atoms with Crippen molar-refractivity contribution in [2.24, 2.45) is 5.73 Å². The van der Waals surface area contributed by atoms with Crippen LogP contribution in [-0.4, -0.2) is 23.5 Å². The van der Waals surface area contributed by atoms with Gasteiger partial charge < -0.3 is 5.73 Å². The minimum atomic E-state index is 0.550. The van der Waals surface area contributed by atoms with E-state index < -0.39 is 0 Å². The van der Waals surface area contributed by atoms with E-state index in [1.807, 2.05) is 0 Å². The van der Waals surface area contributed by atoms with Crippen molar-refractivity contribution in [1.29, 1.82) is 0 Å².